The molecule has 0 amide bonds. The van der Waals surface area contributed by atoms with Gasteiger partial charge in [-0.15, -0.1) is 0 Å². The van der Waals surface area contributed by atoms with Crippen molar-refractivity contribution in [1.29, 1.82) is 0 Å². The molecule has 0 spiro atoms. The summed E-state index contributed by atoms with van der Waals surface area (Å²) in [6.45, 7) is 4.17. The second kappa shape index (κ2) is 12.6. The van der Waals surface area contributed by atoms with E-state index in [0.717, 1.165) is 32.3 Å². The summed E-state index contributed by atoms with van der Waals surface area (Å²) >= 11 is 0. The monoisotopic (exact) mass is 286 g/mol. The van der Waals surface area contributed by atoms with Crippen LogP contribution in [0, 0.1) is 0 Å². The van der Waals surface area contributed by atoms with Crippen LogP contribution in [-0.4, -0.2) is 37.1 Å². The minimum absolute atomic E-state index is 0.0136. The number of hydrogen-bond donors (Lipinski definition) is 1. The van der Waals surface area contributed by atoms with E-state index in [0.29, 0.717) is 13.2 Å². The largest absolute Gasteiger partial charge is 0.390 e. The van der Waals surface area contributed by atoms with Crippen molar-refractivity contribution in [3.05, 3.63) is 0 Å². The third-order valence-electron chi connectivity index (χ3n) is 4.08. The molecular formula is C17H34O3. The third-order valence-corrected chi connectivity index (χ3v) is 4.08. The number of ether oxygens (including phenoxy) is 2. The zero-order valence-electron chi connectivity index (χ0n) is 13.3. The van der Waals surface area contributed by atoms with E-state index in [1.54, 1.807) is 0 Å². The summed E-state index contributed by atoms with van der Waals surface area (Å²) in [5.41, 5.74) is 0. The van der Waals surface area contributed by atoms with Gasteiger partial charge in [-0.1, -0.05) is 58.3 Å². The molecule has 1 fully saturated rings. The van der Waals surface area contributed by atoms with Gasteiger partial charge in [0.15, 0.2) is 0 Å². The standard InChI is InChI=1S/C17H34O3/c1-2-13-19-14-15-20-17-12-10-8-6-4-3-5-7-9-11-16(17)18/h16-18H,2-15H2,1H3. The second-order valence-electron chi connectivity index (χ2n) is 5.99. The molecule has 120 valence electrons. The molecule has 2 unspecified atom stereocenters. The van der Waals surface area contributed by atoms with Crippen molar-refractivity contribution in [2.75, 3.05) is 19.8 Å². The van der Waals surface area contributed by atoms with Crippen molar-refractivity contribution in [3.8, 4) is 0 Å². The van der Waals surface area contributed by atoms with Crippen LogP contribution in [0.1, 0.15) is 77.6 Å². The van der Waals surface area contributed by atoms with Gasteiger partial charge in [0.25, 0.3) is 0 Å². The topological polar surface area (TPSA) is 38.7 Å². The number of rotatable bonds is 6. The molecule has 0 aromatic heterocycles. The average Bonchev–Trinajstić information content (AvgIpc) is 2.44. The maximum atomic E-state index is 10.3. The Morgan fingerprint density at radius 1 is 0.800 bits per heavy atom. The van der Waals surface area contributed by atoms with E-state index >= 15 is 0 Å². The molecule has 0 aliphatic heterocycles. The van der Waals surface area contributed by atoms with Crippen LogP contribution >= 0.6 is 0 Å². The molecule has 0 heterocycles. The Balaban J connectivity index is 2.25. The van der Waals surface area contributed by atoms with E-state index in [1.807, 2.05) is 0 Å². The van der Waals surface area contributed by atoms with E-state index in [4.69, 9.17) is 9.47 Å². The van der Waals surface area contributed by atoms with Crippen LogP contribution in [0.5, 0.6) is 0 Å². The zero-order valence-corrected chi connectivity index (χ0v) is 13.3. The van der Waals surface area contributed by atoms with Crippen molar-refractivity contribution >= 4 is 0 Å². The van der Waals surface area contributed by atoms with E-state index in [2.05, 4.69) is 6.92 Å². The molecule has 3 heteroatoms. The molecule has 0 aromatic carbocycles. The summed E-state index contributed by atoms with van der Waals surface area (Å²) in [5, 5.41) is 10.3. The number of hydrogen-bond acceptors (Lipinski definition) is 3. The van der Waals surface area contributed by atoms with Gasteiger partial charge in [-0.05, 0) is 19.3 Å². The first-order valence-corrected chi connectivity index (χ1v) is 8.72. The van der Waals surface area contributed by atoms with Gasteiger partial charge in [0.05, 0.1) is 25.4 Å². The van der Waals surface area contributed by atoms with Gasteiger partial charge in [0.1, 0.15) is 0 Å². The van der Waals surface area contributed by atoms with E-state index < -0.39 is 0 Å². The first-order valence-electron chi connectivity index (χ1n) is 8.72. The smallest absolute Gasteiger partial charge is 0.0835 e. The Labute approximate surface area is 125 Å². The van der Waals surface area contributed by atoms with Gasteiger partial charge in [0, 0.05) is 6.61 Å². The molecule has 20 heavy (non-hydrogen) atoms. The van der Waals surface area contributed by atoms with Gasteiger partial charge >= 0.3 is 0 Å². The lowest BCUT2D eigenvalue weighted by molar-refractivity contribution is -0.0633. The molecule has 2 atom stereocenters. The molecular weight excluding hydrogens is 252 g/mol. The molecule has 1 N–H and O–H groups in total. The van der Waals surface area contributed by atoms with Gasteiger partial charge in [-0.25, -0.2) is 0 Å². The highest BCUT2D eigenvalue weighted by molar-refractivity contribution is 4.70. The van der Waals surface area contributed by atoms with Gasteiger partial charge in [0.2, 0.25) is 0 Å². The van der Waals surface area contributed by atoms with Crippen molar-refractivity contribution < 1.29 is 14.6 Å². The molecule has 0 radical (unpaired) electrons. The Kier molecular flexibility index (Phi) is 11.3. The summed E-state index contributed by atoms with van der Waals surface area (Å²) < 4.78 is 11.3. The quantitative estimate of drug-likeness (QED) is 0.748. The minimum atomic E-state index is -0.291. The van der Waals surface area contributed by atoms with Crippen molar-refractivity contribution in [1.82, 2.24) is 0 Å². The van der Waals surface area contributed by atoms with Crippen LogP contribution in [0.3, 0.4) is 0 Å². The Bertz CT molecular complexity index is 208. The molecule has 0 bridgehead atoms. The number of aliphatic hydroxyl groups is 1. The molecule has 3 nitrogen and oxygen atoms in total. The summed E-state index contributed by atoms with van der Waals surface area (Å²) in [6.07, 6.45) is 12.9. The summed E-state index contributed by atoms with van der Waals surface area (Å²) in [5.74, 6) is 0. The van der Waals surface area contributed by atoms with Crippen LogP contribution in [0.2, 0.25) is 0 Å². The zero-order chi connectivity index (χ0) is 14.5. The van der Waals surface area contributed by atoms with E-state index in [9.17, 15) is 5.11 Å². The van der Waals surface area contributed by atoms with Crippen molar-refractivity contribution in [2.45, 2.75) is 89.8 Å². The molecule has 0 aromatic rings. The average molecular weight is 286 g/mol. The van der Waals surface area contributed by atoms with Crippen LogP contribution in [-0.2, 0) is 9.47 Å². The fourth-order valence-electron chi connectivity index (χ4n) is 2.84. The Hall–Kier alpha value is -0.120. The van der Waals surface area contributed by atoms with Crippen LogP contribution in [0.15, 0.2) is 0 Å². The van der Waals surface area contributed by atoms with Crippen molar-refractivity contribution in [3.63, 3.8) is 0 Å². The molecule has 1 aliphatic carbocycles. The van der Waals surface area contributed by atoms with Crippen molar-refractivity contribution in [2.24, 2.45) is 0 Å². The maximum Gasteiger partial charge on any atom is 0.0835 e. The third kappa shape index (κ3) is 8.93. The fourth-order valence-corrected chi connectivity index (χ4v) is 2.84. The lowest BCUT2D eigenvalue weighted by Gasteiger charge is -2.24. The van der Waals surface area contributed by atoms with E-state index in [-0.39, 0.29) is 12.2 Å². The maximum absolute atomic E-state index is 10.3. The first kappa shape index (κ1) is 17.9. The predicted molar refractivity (Wildman–Crippen MR) is 83.0 cm³/mol. The summed E-state index contributed by atoms with van der Waals surface area (Å²) in [4.78, 5) is 0. The lowest BCUT2D eigenvalue weighted by Crippen LogP contribution is -2.30. The Morgan fingerprint density at radius 2 is 1.40 bits per heavy atom. The molecule has 1 rings (SSSR count). The number of aliphatic hydroxyl groups excluding tert-OH is 1. The van der Waals surface area contributed by atoms with Gasteiger partial charge in [-0.3, -0.25) is 0 Å². The summed E-state index contributed by atoms with van der Waals surface area (Å²) in [7, 11) is 0. The summed E-state index contributed by atoms with van der Waals surface area (Å²) in [6, 6.07) is 0. The van der Waals surface area contributed by atoms with Gasteiger partial charge in [-0.2, -0.15) is 0 Å². The van der Waals surface area contributed by atoms with Crippen LogP contribution in [0.4, 0.5) is 0 Å². The molecule has 0 saturated heterocycles. The normalized spacial score (nSPS) is 26.7. The van der Waals surface area contributed by atoms with E-state index in [1.165, 1.54) is 44.9 Å². The predicted octanol–water partition coefficient (Wildman–Crippen LogP) is 4.07. The lowest BCUT2D eigenvalue weighted by atomic mass is 9.97. The van der Waals surface area contributed by atoms with Crippen LogP contribution < -0.4 is 0 Å². The highest BCUT2D eigenvalue weighted by atomic mass is 16.5. The highest BCUT2D eigenvalue weighted by Gasteiger charge is 2.19. The first-order chi connectivity index (χ1) is 9.84. The SMILES string of the molecule is CCCOCCOC1CCCCCCCCCCC1O. The Morgan fingerprint density at radius 3 is 2.05 bits per heavy atom. The van der Waals surface area contributed by atoms with Crippen LogP contribution in [0.25, 0.3) is 0 Å². The van der Waals surface area contributed by atoms with Gasteiger partial charge < -0.3 is 14.6 Å². The fraction of sp³-hybridized carbons (Fsp3) is 1.00. The minimum Gasteiger partial charge on any atom is -0.390 e. The highest BCUT2D eigenvalue weighted by Crippen LogP contribution is 2.19. The molecule has 1 saturated carbocycles. The second-order valence-corrected chi connectivity index (χ2v) is 5.99. The molecule has 1 aliphatic rings.